The maximum atomic E-state index is 12.2. The molecule has 27 heavy (non-hydrogen) atoms. The average Bonchev–Trinajstić information content (AvgIpc) is 2.70. The van der Waals surface area contributed by atoms with Gasteiger partial charge >= 0.3 is 5.97 Å². The molecule has 0 amide bonds. The van der Waals surface area contributed by atoms with Gasteiger partial charge in [-0.05, 0) is 60.9 Å². The molecule has 3 aromatic carbocycles. The zero-order valence-corrected chi connectivity index (χ0v) is 15.7. The summed E-state index contributed by atoms with van der Waals surface area (Å²) in [4.78, 5) is 12.2. The number of rotatable bonds is 6. The van der Waals surface area contributed by atoms with Crippen LogP contribution in [0.15, 0.2) is 66.7 Å². The van der Waals surface area contributed by atoms with Crippen LogP contribution in [-0.2, 0) is 11.2 Å². The Labute approximate surface area is 159 Å². The topological polar surface area (TPSA) is 44.8 Å². The van der Waals surface area contributed by atoms with Gasteiger partial charge in [-0.25, -0.2) is 4.79 Å². The predicted octanol–water partition coefficient (Wildman–Crippen LogP) is 5.17. The van der Waals surface area contributed by atoms with Gasteiger partial charge in [0.1, 0.15) is 22.8 Å². The number of carbonyl (C=O) groups excluding carboxylic acids is 1. The molecule has 0 aliphatic carbocycles. The molecule has 0 saturated heterocycles. The smallest absolute Gasteiger partial charge is 0.341 e. The Morgan fingerprint density at radius 3 is 2.07 bits per heavy atom. The van der Waals surface area contributed by atoms with Crippen molar-refractivity contribution in [3.63, 3.8) is 0 Å². The van der Waals surface area contributed by atoms with Crippen molar-refractivity contribution in [1.29, 1.82) is 0 Å². The van der Waals surface area contributed by atoms with Gasteiger partial charge in [-0.3, -0.25) is 0 Å². The number of ether oxygens (including phenoxy) is 3. The van der Waals surface area contributed by atoms with E-state index in [2.05, 4.69) is 0 Å². The second-order valence-electron chi connectivity index (χ2n) is 6.26. The molecule has 0 aromatic heterocycles. The van der Waals surface area contributed by atoms with Gasteiger partial charge in [0.2, 0.25) is 0 Å². The van der Waals surface area contributed by atoms with Gasteiger partial charge in [0.15, 0.2) is 0 Å². The molecular weight excluding hydrogens is 340 g/mol. The van der Waals surface area contributed by atoms with Crippen LogP contribution in [0, 0.1) is 6.92 Å². The molecule has 0 radical (unpaired) electrons. The molecule has 0 aliphatic heterocycles. The van der Waals surface area contributed by atoms with Crippen LogP contribution < -0.4 is 9.47 Å². The number of methoxy groups -OCH3 is 2. The molecule has 138 valence electrons. The van der Waals surface area contributed by atoms with Crippen LogP contribution in [0.5, 0.6) is 17.2 Å². The molecule has 0 bridgehead atoms. The summed E-state index contributed by atoms with van der Waals surface area (Å²) in [6, 6.07) is 21.1. The van der Waals surface area contributed by atoms with Crippen molar-refractivity contribution in [2.45, 2.75) is 13.3 Å². The average molecular weight is 362 g/mol. The van der Waals surface area contributed by atoms with E-state index >= 15 is 0 Å². The lowest BCUT2D eigenvalue weighted by molar-refractivity contribution is 0.0598. The first kappa shape index (κ1) is 18.5. The van der Waals surface area contributed by atoms with E-state index in [1.807, 2.05) is 73.7 Å². The van der Waals surface area contributed by atoms with E-state index in [1.54, 1.807) is 7.11 Å². The monoisotopic (exact) mass is 362 g/mol. The number of esters is 1. The maximum absolute atomic E-state index is 12.2. The van der Waals surface area contributed by atoms with Crippen LogP contribution in [-0.4, -0.2) is 20.2 Å². The Bertz CT molecular complexity index is 912. The van der Waals surface area contributed by atoms with Gasteiger partial charge < -0.3 is 14.2 Å². The van der Waals surface area contributed by atoms with Crippen molar-refractivity contribution in [2.75, 3.05) is 14.2 Å². The summed E-state index contributed by atoms with van der Waals surface area (Å²) < 4.78 is 16.0. The van der Waals surface area contributed by atoms with Crippen LogP contribution in [0.25, 0.3) is 0 Å². The van der Waals surface area contributed by atoms with E-state index in [9.17, 15) is 4.79 Å². The summed E-state index contributed by atoms with van der Waals surface area (Å²) >= 11 is 0. The van der Waals surface area contributed by atoms with Gasteiger partial charge in [-0.2, -0.15) is 0 Å². The summed E-state index contributed by atoms with van der Waals surface area (Å²) in [6.07, 6.45) is 0.693. The molecule has 4 nitrogen and oxygen atoms in total. The summed E-state index contributed by atoms with van der Waals surface area (Å²) in [5.74, 6) is 1.54. The zero-order chi connectivity index (χ0) is 19.2. The quantitative estimate of drug-likeness (QED) is 0.567. The fourth-order valence-corrected chi connectivity index (χ4v) is 2.76. The maximum Gasteiger partial charge on any atom is 0.341 e. The van der Waals surface area contributed by atoms with Crippen LogP contribution in [0.2, 0.25) is 0 Å². The Hall–Kier alpha value is -3.27. The molecule has 4 heteroatoms. The summed E-state index contributed by atoms with van der Waals surface area (Å²) in [7, 11) is 3.01. The lowest BCUT2D eigenvalue weighted by Gasteiger charge is -2.12. The van der Waals surface area contributed by atoms with Crippen molar-refractivity contribution in [3.05, 3.63) is 89.0 Å². The van der Waals surface area contributed by atoms with Gasteiger partial charge in [0.05, 0.1) is 14.2 Å². The van der Waals surface area contributed by atoms with Crippen molar-refractivity contribution in [1.82, 2.24) is 0 Å². The predicted molar refractivity (Wildman–Crippen MR) is 105 cm³/mol. The molecule has 3 rings (SSSR count). The highest BCUT2D eigenvalue weighted by molar-refractivity contribution is 5.92. The van der Waals surface area contributed by atoms with E-state index < -0.39 is 5.97 Å². The minimum absolute atomic E-state index is 0.407. The fourth-order valence-electron chi connectivity index (χ4n) is 2.76. The zero-order valence-electron chi connectivity index (χ0n) is 15.7. The first-order valence-corrected chi connectivity index (χ1v) is 8.67. The highest BCUT2D eigenvalue weighted by Crippen LogP contribution is 2.28. The van der Waals surface area contributed by atoms with Crippen molar-refractivity contribution in [3.8, 4) is 17.2 Å². The Morgan fingerprint density at radius 2 is 1.44 bits per heavy atom. The third-order valence-corrected chi connectivity index (χ3v) is 4.27. The van der Waals surface area contributed by atoms with Crippen molar-refractivity contribution < 1.29 is 19.0 Å². The largest absolute Gasteiger partial charge is 0.497 e. The lowest BCUT2D eigenvalue weighted by Crippen LogP contribution is -2.05. The molecule has 0 atom stereocenters. The van der Waals surface area contributed by atoms with Gasteiger partial charge in [-0.15, -0.1) is 0 Å². The minimum atomic E-state index is -0.423. The van der Waals surface area contributed by atoms with E-state index in [0.29, 0.717) is 23.5 Å². The van der Waals surface area contributed by atoms with E-state index in [4.69, 9.17) is 14.2 Å². The van der Waals surface area contributed by atoms with Gasteiger partial charge in [0, 0.05) is 0 Å². The van der Waals surface area contributed by atoms with Crippen LogP contribution in [0.4, 0.5) is 0 Å². The second-order valence-corrected chi connectivity index (χ2v) is 6.26. The number of carbonyl (C=O) groups is 1. The second kappa shape index (κ2) is 8.41. The molecule has 0 N–H and O–H groups in total. The fraction of sp³-hybridized carbons (Fsp3) is 0.174. The van der Waals surface area contributed by atoms with Crippen molar-refractivity contribution in [2.24, 2.45) is 0 Å². The molecular formula is C23H22O4. The Morgan fingerprint density at radius 1 is 0.815 bits per heavy atom. The molecule has 0 unspecified atom stereocenters. The van der Waals surface area contributed by atoms with Gasteiger partial charge in [-0.1, -0.05) is 35.9 Å². The highest BCUT2D eigenvalue weighted by Gasteiger charge is 2.15. The van der Waals surface area contributed by atoms with E-state index in [1.165, 1.54) is 7.11 Å². The van der Waals surface area contributed by atoms with E-state index in [0.717, 1.165) is 22.4 Å². The standard InChI is InChI=1S/C23H22O4/c1-16-4-9-20(10-5-16)27-22-13-8-18(15-21(22)23(24)26-3)14-17-6-11-19(25-2)12-7-17/h4-13,15H,14H2,1-3H3. The number of hydrogen-bond acceptors (Lipinski definition) is 4. The van der Waals surface area contributed by atoms with Crippen LogP contribution >= 0.6 is 0 Å². The molecule has 0 aliphatic rings. The van der Waals surface area contributed by atoms with Crippen molar-refractivity contribution >= 4 is 5.97 Å². The SMILES string of the molecule is COC(=O)c1cc(Cc2ccc(OC)cc2)ccc1Oc1ccc(C)cc1. The highest BCUT2D eigenvalue weighted by atomic mass is 16.5. The van der Waals surface area contributed by atoms with Gasteiger partial charge in [0.25, 0.3) is 0 Å². The molecule has 0 saturated carbocycles. The molecule has 0 spiro atoms. The molecule has 3 aromatic rings. The lowest BCUT2D eigenvalue weighted by atomic mass is 10.0. The minimum Gasteiger partial charge on any atom is -0.497 e. The Kier molecular flexibility index (Phi) is 5.77. The first-order valence-electron chi connectivity index (χ1n) is 8.67. The first-order chi connectivity index (χ1) is 13.1. The number of hydrogen-bond donors (Lipinski definition) is 0. The third kappa shape index (κ3) is 4.67. The molecule has 0 fully saturated rings. The van der Waals surface area contributed by atoms with Crippen LogP contribution in [0.1, 0.15) is 27.0 Å². The number of aryl methyl sites for hydroxylation is 1. The van der Waals surface area contributed by atoms with E-state index in [-0.39, 0.29) is 0 Å². The Balaban J connectivity index is 1.86. The van der Waals surface area contributed by atoms with Crippen LogP contribution in [0.3, 0.4) is 0 Å². The number of benzene rings is 3. The molecule has 0 heterocycles. The summed E-state index contributed by atoms with van der Waals surface area (Å²) in [5, 5.41) is 0. The normalized spacial score (nSPS) is 10.3. The summed E-state index contributed by atoms with van der Waals surface area (Å²) in [6.45, 7) is 2.01. The summed E-state index contributed by atoms with van der Waals surface area (Å²) in [5.41, 5.74) is 3.67. The third-order valence-electron chi connectivity index (χ3n) is 4.27.